The van der Waals surface area contributed by atoms with Gasteiger partial charge in [-0.15, -0.1) is 11.8 Å². The average molecular weight is 268 g/mol. The van der Waals surface area contributed by atoms with Gasteiger partial charge in [0.2, 0.25) is 5.91 Å². The highest BCUT2D eigenvalue weighted by Crippen LogP contribution is 2.29. The molecule has 18 heavy (non-hydrogen) atoms. The lowest BCUT2D eigenvalue weighted by atomic mass is 10.3. The third-order valence-corrected chi connectivity index (χ3v) is 4.05. The quantitative estimate of drug-likeness (QED) is 0.659. The first-order valence-corrected chi connectivity index (χ1v) is 7.07. The highest BCUT2D eigenvalue weighted by Gasteiger charge is 2.31. The van der Waals surface area contributed by atoms with Crippen molar-refractivity contribution >= 4 is 23.4 Å². The Bertz CT molecular complexity index is 449. The Labute approximate surface area is 111 Å². The van der Waals surface area contributed by atoms with E-state index in [2.05, 4.69) is 0 Å². The van der Waals surface area contributed by atoms with Crippen molar-refractivity contribution in [3.63, 3.8) is 0 Å². The van der Waals surface area contributed by atoms with E-state index in [0.717, 1.165) is 24.3 Å². The van der Waals surface area contributed by atoms with Gasteiger partial charge in [-0.25, -0.2) is 4.39 Å². The van der Waals surface area contributed by atoms with E-state index in [-0.39, 0.29) is 11.7 Å². The number of nitrogen functional groups attached to an aromatic ring is 1. The molecule has 0 spiro atoms. The number of anilines is 1. The van der Waals surface area contributed by atoms with Gasteiger partial charge in [0.1, 0.15) is 5.82 Å². The molecule has 1 aromatic rings. The van der Waals surface area contributed by atoms with E-state index >= 15 is 0 Å². The summed E-state index contributed by atoms with van der Waals surface area (Å²) in [5.41, 5.74) is 6.09. The maximum atomic E-state index is 12.9. The minimum absolute atomic E-state index is 0.133. The van der Waals surface area contributed by atoms with Gasteiger partial charge in [0.15, 0.2) is 0 Å². The second-order valence-electron chi connectivity index (χ2n) is 4.38. The van der Waals surface area contributed by atoms with Gasteiger partial charge in [-0.1, -0.05) is 0 Å². The molecule has 1 saturated carbocycles. The van der Waals surface area contributed by atoms with Crippen molar-refractivity contribution in [2.45, 2.75) is 30.7 Å². The molecule has 2 N–H and O–H groups in total. The summed E-state index contributed by atoms with van der Waals surface area (Å²) in [4.78, 5) is 14.7. The summed E-state index contributed by atoms with van der Waals surface area (Å²) in [7, 11) is 0. The van der Waals surface area contributed by atoms with Crippen molar-refractivity contribution in [2.75, 3.05) is 18.0 Å². The largest absolute Gasteiger partial charge is 0.398 e. The zero-order valence-corrected chi connectivity index (χ0v) is 11.2. The van der Waals surface area contributed by atoms with Gasteiger partial charge >= 0.3 is 0 Å². The van der Waals surface area contributed by atoms with Crippen molar-refractivity contribution in [1.29, 1.82) is 0 Å². The molecule has 0 bridgehead atoms. The number of hydrogen-bond donors (Lipinski definition) is 1. The maximum absolute atomic E-state index is 12.9. The van der Waals surface area contributed by atoms with Crippen LogP contribution in [0.4, 0.5) is 10.1 Å². The molecule has 1 aliphatic rings. The summed E-state index contributed by atoms with van der Waals surface area (Å²) in [6, 6.07) is 4.71. The Balaban J connectivity index is 1.92. The molecule has 3 nitrogen and oxygen atoms in total. The molecule has 1 aliphatic carbocycles. The number of amides is 1. The molecular formula is C13H17FN2OS. The van der Waals surface area contributed by atoms with Crippen LogP contribution < -0.4 is 5.73 Å². The van der Waals surface area contributed by atoms with Crippen LogP contribution in [0.2, 0.25) is 0 Å². The van der Waals surface area contributed by atoms with Gasteiger partial charge < -0.3 is 10.6 Å². The number of halogens is 1. The SMILES string of the molecule is CCN(C(=O)CSc1ccc(F)cc1N)C1CC1. The molecular weight excluding hydrogens is 251 g/mol. The second kappa shape index (κ2) is 5.61. The van der Waals surface area contributed by atoms with Crippen molar-refractivity contribution in [1.82, 2.24) is 4.90 Å². The summed E-state index contributed by atoms with van der Waals surface area (Å²) in [6.07, 6.45) is 2.23. The predicted octanol–water partition coefficient (Wildman–Crippen LogP) is 2.51. The van der Waals surface area contributed by atoms with E-state index < -0.39 is 0 Å². The zero-order chi connectivity index (χ0) is 13.1. The lowest BCUT2D eigenvalue weighted by Gasteiger charge is -2.20. The first kappa shape index (κ1) is 13.2. The van der Waals surface area contributed by atoms with Gasteiger partial charge in [0.05, 0.1) is 5.75 Å². The molecule has 1 amide bonds. The van der Waals surface area contributed by atoms with Crippen LogP contribution in [0, 0.1) is 5.82 Å². The third kappa shape index (κ3) is 3.16. The molecule has 1 fully saturated rings. The number of benzene rings is 1. The Morgan fingerprint density at radius 3 is 2.83 bits per heavy atom. The van der Waals surface area contributed by atoms with Crippen molar-refractivity contribution in [3.8, 4) is 0 Å². The Kier molecular flexibility index (Phi) is 4.11. The summed E-state index contributed by atoms with van der Waals surface area (Å²) >= 11 is 1.37. The molecule has 0 aliphatic heterocycles. The third-order valence-electron chi connectivity index (χ3n) is 2.97. The van der Waals surface area contributed by atoms with E-state index in [0.29, 0.717) is 17.5 Å². The number of carbonyl (C=O) groups excluding carboxylic acids is 1. The second-order valence-corrected chi connectivity index (χ2v) is 5.40. The number of rotatable bonds is 5. The maximum Gasteiger partial charge on any atom is 0.233 e. The molecule has 0 heterocycles. The fraction of sp³-hybridized carbons (Fsp3) is 0.462. The van der Waals surface area contributed by atoms with Gasteiger partial charge in [-0.05, 0) is 38.0 Å². The Morgan fingerprint density at radius 1 is 1.56 bits per heavy atom. The monoisotopic (exact) mass is 268 g/mol. The number of nitrogens with zero attached hydrogens (tertiary/aromatic N) is 1. The molecule has 5 heteroatoms. The van der Waals surface area contributed by atoms with Gasteiger partial charge in [-0.3, -0.25) is 4.79 Å². The topological polar surface area (TPSA) is 46.3 Å². The van der Waals surface area contributed by atoms with Crippen LogP contribution in [0.15, 0.2) is 23.1 Å². The van der Waals surface area contributed by atoms with Crippen LogP contribution in [0.25, 0.3) is 0 Å². The minimum Gasteiger partial charge on any atom is -0.398 e. The van der Waals surface area contributed by atoms with Crippen LogP contribution in [0.5, 0.6) is 0 Å². The fourth-order valence-electron chi connectivity index (χ4n) is 1.90. The Hall–Kier alpha value is -1.23. The molecule has 0 unspecified atom stereocenters. The van der Waals surface area contributed by atoms with Gasteiger partial charge in [-0.2, -0.15) is 0 Å². The Morgan fingerprint density at radius 2 is 2.28 bits per heavy atom. The van der Waals surface area contributed by atoms with E-state index in [1.807, 2.05) is 11.8 Å². The van der Waals surface area contributed by atoms with E-state index in [1.54, 1.807) is 6.07 Å². The molecule has 0 radical (unpaired) electrons. The van der Waals surface area contributed by atoms with Crippen LogP contribution in [-0.4, -0.2) is 29.1 Å². The smallest absolute Gasteiger partial charge is 0.233 e. The first-order chi connectivity index (χ1) is 8.61. The van der Waals surface area contributed by atoms with Crippen LogP contribution >= 0.6 is 11.8 Å². The van der Waals surface area contributed by atoms with Gasteiger partial charge in [0, 0.05) is 23.2 Å². The molecule has 1 aromatic carbocycles. The van der Waals surface area contributed by atoms with Crippen LogP contribution in [0.1, 0.15) is 19.8 Å². The first-order valence-electron chi connectivity index (χ1n) is 6.09. The van der Waals surface area contributed by atoms with Crippen molar-refractivity contribution < 1.29 is 9.18 Å². The van der Waals surface area contributed by atoms with Crippen molar-refractivity contribution in [2.24, 2.45) is 0 Å². The fourth-order valence-corrected chi connectivity index (χ4v) is 2.73. The number of thioether (sulfide) groups is 1. The molecule has 0 aromatic heterocycles. The lowest BCUT2D eigenvalue weighted by molar-refractivity contribution is -0.128. The van der Waals surface area contributed by atoms with Crippen molar-refractivity contribution in [3.05, 3.63) is 24.0 Å². The normalized spacial score (nSPS) is 14.6. The average Bonchev–Trinajstić information content (AvgIpc) is 3.13. The molecule has 0 saturated heterocycles. The summed E-state index contributed by atoms with van der Waals surface area (Å²) in [5.74, 6) is 0.144. The predicted molar refractivity (Wildman–Crippen MR) is 71.9 cm³/mol. The summed E-state index contributed by atoms with van der Waals surface area (Å²) < 4.78 is 12.9. The number of hydrogen-bond acceptors (Lipinski definition) is 3. The van der Waals surface area contributed by atoms with E-state index in [1.165, 1.54) is 23.9 Å². The molecule has 2 rings (SSSR count). The molecule has 0 atom stereocenters. The highest BCUT2D eigenvalue weighted by molar-refractivity contribution is 8.00. The van der Waals surface area contributed by atoms with Crippen LogP contribution in [0.3, 0.4) is 0 Å². The van der Waals surface area contributed by atoms with Crippen LogP contribution in [-0.2, 0) is 4.79 Å². The lowest BCUT2D eigenvalue weighted by Crippen LogP contribution is -2.34. The summed E-state index contributed by atoms with van der Waals surface area (Å²) in [6.45, 7) is 2.75. The van der Waals surface area contributed by atoms with E-state index in [9.17, 15) is 9.18 Å². The number of nitrogens with two attached hydrogens (primary N) is 1. The standard InChI is InChI=1S/C13H17FN2OS/c1-2-16(10-4-5-10)13(17)8-18-12-6-3-9(14)7-11(12)15/h3,6-7,10H,2,4-5,8,15H2,1H3. The minimum atomic E-state index is -0.351. The molecule has 98 valence electrons. The van der Waals surface area contributed by atoms with Gasteiger partial charge in [0.25, 0.3) is 0 Å². The van der Waals surface area contributed by atoms with E-state index in [4.69, 9.17) is 5.73 Å². The zero-order valence-electron chi connectivity index (χ0n) is 10.4. The highest BCUT2D eigenvalue weighted by atomic mass is 32.2. The number of carbonyl (C=O) groups is 1. The summed E-state index contributed by atoms with van der Waals surface area (Å²) in [5, 5.41) is 0.